The van der Waals surface area contributed by atoms with Crippen molar-refractivity contribution in [3.8, 4) is 0 Å². The van der Waals surface area contributed by atoms with Gasteiger partial charge in [0.1, 0.15) is 5.78 Å². The zero-order valence-corrected chi connectivity index (χ0v) is 17.1. The minimum atomic E-state index is -0.346. The molecule has 0 aliphatic heterocycles. The van der Waals surface area contributed by atoms with Crippen molar-refractivity contribution in [3.63, 3.8) is 0 Å². The van der Waals surface area contributed by atoms with Gasteiger partial charge in [-0.05, 0) is 26.7 Å². The quantitative estimate of drug-likeness (QED) is 0.528. The molecule has 6 heteroatoms. The van der Waals surface area contributed by atoms with Gasteiger partial charge in [-0.1, -0.05) is 33.1 Å². The summed E-state index contributed by atoms with van der Waals surface area (Å²) in [5.74, 6) is 0.799. The van der Waals surface area contributed by atoms with E-state index in [2.05, 4.69) is 0 Å². The summed E-state index contributed by atoms with van der Waals surface area (Å²) < 4.78 is 15.6. The molecule has 0 spiro atoms. The molecule has 0 radical (unpaired) electrons. The molecule has 0 aromatic carbocycles. The van der Waals surface area contributed by atoms with Crippen LogP contribution in [0.3, 0.4) is 0 Å². The van der Waals surface area contributed by atoms with Crippen LogP contribution < -0.4 is 5.73 Å². The molecule has 1 saturated carbocycles. The molecule has 1 aliphatic rings. The van der Waals surface area contributed by atoms with E-state index in [0.717, 1.165) is 12.8 Å². The summed E-state index contributed by atoms with van der Waals surface area (Å²) >= 11 is 0. The SMILES string of the molecule is CC(C)C(=O)C1CCCCC1.CC(C)OCCOCCOCCC(N)=O.[HH]. The lowest BCUT2D eigenvalue weighted by atomic mass is 9.83. The molecule has 156 valence electrons. The zero-order chi connectivity index (χ0) is 19.8. The minimum Gasteiger partial charge on any atom is -0.379 e. The molecule has 1 aliphatic carbocycles. The van der Waals surface area contributed by atoms with Gasteiger partial charge < -0.3 is 19.9 Å². The Bertz CT molecular complexity index is 371. The summed E-state index contributed by atoms with van der Waals surface area (Å²) in [5, 5.41) is 0. The second-order valence-corrected chi connectivity index (χ2v) is 7.25. The molecule has 2 N–H and O–H groups in total. The maximum atomic E-state index is 11.5. The van der Waals surface area contributed by atoms with E-state index in [1.165, 1.54) is 19.3 Å². The Hall–Kier alpha value is -0.980. The minimum absolute atomic E-state index is 0. The number of rotatable bonds is 12. The highest BCUT2D eigenvalue weighted by Gasteiger charge is 2.22. The summed E-state index contributed by atoms with van der Waals surface area (Å²) in [5.41, 5.74) is 4.93. The Balaban J connectivity index is 0. The Labute approximate surface area is 160 Å². The third kappa shape index (κ3) is 15.3. The van der Waals surface area contributed by atoms with Gasteiger partial charge in [-0.3, -0.25) is 9.59 Å². The number of hydrogen-bond donors (Lipinski definition) is 1. The van der Waals surface area contributed by atoms with Crippen molar-refractivity contribution in [3.05, 3.63) is 0 Å². The highest BCUT2D eigenvalue weighted by molar-refractivity contribution is 5.82. The molecule has 26 heavy (non-hydrogen) atoms. The molecule has 0 unspecified atom stereocenters. The van der Waals surface area contributed by atoms with Crippen LogP contribution in [0.2, 0.25) is 0 Å². The van der Waals surface area contributed by atoms with Crippen molar-refractivity contribution < 1.29 is 25.2 Å². The molecule has 0 saturated heterocycles. The summed E-state index contributed by atoms with van der Waals surface area (Å²) in [7, 11) is 0. The first-order valence-corrected chi connectivity index (χ1v) is 9.93. The highest BCUT2D eigenvalue weighted by Crippen LogP contribution is 2.26. The van der Waals surface area contributed by atoms with Gasteiger partial charge in [0.05, 0.1) is 39.1 Å². The monoisotopic (exact) mass is 375 g/mol. The molecule has 0 heterocycles. The molecule has 1 amide bonds. The number of primary amides is 1. The van der Waals surface area contributed by atoms with Crippen LogP contribution in [0.25, 0.3) is 0 Å². The second-order valence-electron chi connectivity index (χ2n) is 7.25. The standard InChI is InChI=1S/C10H21NO4.C10H18O.H2/c1-9(2)15-8-7-14-6-5-13-4-3-10(11)12;1-8(2)10(11)9-6-4-3-5-7-9;/h9H,3-8H2,1-2H3,(H2,11,12);8-9H,3-7H2,1-2H3;1H. The summed E-state index contributed by atoms with van der Waals surface area (Å²) in [6, 6.07) is 0. The number of carbonyl (C=O) groups excluding carboxylic acids is 2. The van der Waals surface area contributed by atoms with Crippen molar-refractivity contribution in [1.29, 1.82) is 0 Å². The molecule has 0 aromatic heterocycles. The topological polar surface area (TPSA) is 87.8 Å². The van der Waals surface area contributed by atoms with E-state index in [0.29, 0.717) is 44.7 Å². The summed E-state index contributed by atoms with van der Waals surface area (Å²) in [4.78, 5) is 21.8. The molecular formula is C20H41NO5. The molecule has 0 bridgehead atoms. The van der Waals surface area contributed by atoms with E-state index in [-0.39, 0.29) is 25.8 Å². The van der Waals surface area contributed by atoms with Crippen molar-refractivity contribution in [2.45, 2.75) is 72.3 Å². The van der Waals surface area contributed by atoms with Crippen LogP contribution in [0.5, 0.6) is 0 Å². The number of carbonyl (C=O) groups is 2. The Kier molecular flexibility index (Phi) is 15.6. The van der Waals surface area contributed by atoms with Gasteiger partial charge >= 0.3 is 0 Å². The number of hydrogen-bond acceptors (Lipinski definition) is 5. The molecule has 6 nitrogen and oxygen atoms in total. The smallest absolute Gasteiger partial charge is 0.219 e. The van der Waals surface area contributed by atoms with Crippen molar-refractivity contribution >= 4 is 11.7 Å². The van der Waals surface area contributed by atoms with E-state index in [9.17, 15) is 9.59 Å². The van der Waals surface area contributed by atoms with Gasteiger partial charge in [-0.2, -0.15) is 0 Å². The first kappa shape index (κ1) is 25.0. The molecule has 1 rings (SSSR count). The van der Waals surface area contributed by atoms with Gasteiger partial charge in [0.15, 0.2) is 0 Å². The first-order chi connectivity index (χ1) is 12.3. The van der Waals surface area contributed by atoms with Crippen molar-refractivity contribution in [2.75, 3.05) is 33.0 Å². The van der Waals surface area contributed by atoms with Gasteiger partial charge in [-0.25, -0.2) is 0 Å². The van der Waals surface area contributed by atoms with Gasteiger partial charge in [0.25, 0.3) is 0 Å². The molecule has 0 atom stereocenters. The summed E-state index contributed by atoms with van der Waals surface area (Å²) in [6.45, 7) is 10.5. The Morgan fingerprint density at radius 2 is 1.46 bits per heavy atom. The second kappa shape index (κ2) is 16.2. The van der Waals surface area contributed by atoms with Crippen molar-refractivity contribution in [1.82, 2.24) is 0 Å². The third-order valence-corrected chi connectivity index (χ3v) is 4.12. The lowest BCUT2D eigenvalue weighted by molar-refractivity contribution is -0.126. The number of ether oxygens (including phenoxy) is 3. The first-order valence-electron chi connectivity index (χ1n) is 9.93. The molecular weight excluding hydrogens is 334 g/mol. The Morgan fingerprint density at radius 3 is 1.96 bits per heavy atom. The fourth-order valence-electron chi connectivity index (χ4n) is 2.70. The van der Waals surface area contributed by atoms with Crippen LogP contribution in [-0.4, -0.2) is 50.8 Å². The molecule has 0 aromatic rings. The average molecular weight is 376 g/mol. The van der Waals surface area contributed by atoms with Crippen molar-refractivity contribution in [2.24, 2.45) is 17.6 Å². The van der Waals surface area contributed by atoms with Gasteiger partial charge in [0.2, 0.25) is 5.91 Å². The van der Waals surface area contributed by atoms with Crippen LogP contribution in [0.15, 0.2) is 0 Å². The number of nitrogens with two attached hydrogens (primary N) is 1. The third-order valence-electron chi connectivity index (χ3n) is 4.12. The fraction of sp³-hybridized carbons (Fsp3) is 0.900. The molecule has 1 fully saturated rings. The van der Waals surface area contributed by atoms with E-state index >= 15 is 0 Å². The summed E-state index contributed by atoms with van der Waals surface area (Å²) in [6.07, 6.45) is 6.67. The lowest BCUT2D eigenvalue weighted by Gasteiger charge is -2.21. The van der Waals surface area contributed by atoms with Crippen LogP contribution >= 0.6 is 0 Å². The predicted octanol–water partition coefficient (Wildman–Crippen LogP) is 3.36. The number of ketones is 1. The van der Waals surface area contributed by atoms with Gasteiger partial charge in [-0.15, -0.1) is 0 Å². The number of Topliss-reactive ketones (excluding diaryl/α,β-unsaturated/α-hetero) is 1. The predicted molar refractivity (Wildman–Crippen MR) is 105 cm³/mol. The normalized spacial score (nSPS) is 15.0. The van der Waals surface area contributed by atoms with E-state index in [4.69, 9.17) is 19.9 Å². The average Bonchev–Trinajstić information content (AvgIpc) is 2.60. The zero-order valence-electron chi connectivity index (χ0n) is 17.1. The maximum absolute atomic E-state index is 11.5. The van der Waals surface area contributed by atoms with Gasteiger partial charge in [0, 0.05) is 19.7 Å². The van der Waals surface area contributed by atoms with E-state index < -0.39 is 0 Å². The van der Waals surface area contributed by atoms with Crippen LogP contribution in [0.1, 0.15) is 67.6 Å². The fourth-order valence-corrected chi connectivity index (χ4v) is 2.70. The largest absolute Gasteiger partial charge is 0.379 e. The van der Waals surface area contributed by atoms with Crippen LogP contribution in [0.4, 0.5) is 0 Å². The maximum Gasteiger partial charge on any atom is 0.219 e. The van der Waals surface area contributed by atoms with E-state index in [1.54, 1.807) is 0 Å². The number of amides is 1. The van der Waals surface area contributed by atoms with Crippen LogP contribution in [0, 0.1) is 11.8 Å². The highest BCUT2D eigenvalue weighted by atomic mass is 16.5. The Morgan fingerprint density at radius 1 is 0.923 bits per heavy atom. The lowest BCUT2D eigenvalue weighted by Crippen LogP contribution is -2.21. The van der Waals surface area contributed by atoms with Crippen LogP contribution in [-0.2, 0) is 23.8 Å². The van der Waals surface area contributed by atoms with E-state index in [1.807, 2.05) is 27.7 Å².